The fourth-order valence-corrected chi connectivity index (χ4v) is 1.95. The van der Waals surface area contributed by atoms with E-state index in [-0.39, 0.29) is 5.56 Å². The van der Waals surface area contributed by atoms with E-state index in [4.69, 9.17) is 15.6 Å². The Morgan fingerprint density at radius 1 is 1.35 bits per heavy atom. The van der Waals surface area contributed by atoms with E-state index in [1.807, 2.05) is 6.07 Å². The summed E-state index contributed by atoms with van der Waals surface area (Å²) in [6.45, 7) is 3.92. The number of hydrogen-bond acceptors (Lipinski definition) is 4. The summed E-state index contributed by atoms with van der Waals surface area (Å²) in [6, 6.07) is 4.97. The third-order valence-electron chi connectivity index (χ3n) is 2.77. The standard InChI is InChI=1S/C12H16N2O3/c13-11-6-9(5-10(7-11)12(15)16)8-14-1-3-17-4-2-14/h5-7H,1-4,8,13H2,(H,15,16). The first-order valence-corrected chi connectivity index (χ1v) is 5.58. The average molecular weight is 236 g/mol. The molecule has 0 unspecified atom stereocenters. The Morgan fingerprint density at radius 3 is 2.71 bits per heavy atom. The number of ether oxygens (including phenoxy) is 1. The highest BCUT2D eigenvalue weighted by atomic mass is 16.5. The van der Waals surface area contributed by atoms with Gasteiger partial charge < -0.3 is 15.6 Å². The molecule has 0 aromatic heterocycles. The highest BCUT2D eigenvalue weighted by Gasteiger charge is 2.12. The lowest BCUT2D eigenvalue weighted by molar-refractivity contribution is 0.0341. The molecule has 0 atom stereocenters. The van der Waals surface area contributed by atoms with Crippen molar-refractivity contribution in [2.24, 2.45) is 0 Å². The molecule has 1 aliphatic rings. The van der Waals surface area contributed by atoms with Crippen LogP contribution in [0.2, 0.25) is 0 Å². The quantitative estimate of drug-likeness (QED) is 0.759. The van der Waals surface area contributed by atoms with Gasteiger partial charge in [0.1, 0.15) is 0 Å². The number of morpholine rings is 1. The predicted molar refractivity (Wildman–Crippen MR) is 63.9 cm³/mol. The number of anilines is 1. The van der Waals surface area contributed by atoms with Gasteiger partial charge in [-0.2, -0.15) is 0 Å². The number of aromatic carboxylic acids is 1. The van der Waals surface area contributed by atoms with Crippen molar-refractivity contribution in [3.8, 4) is 0 Å². The van der Waals surface area contributed by atoms with Crippen LogP contribution in [-0.4, -0.2) is 42.3 Å². The Labute approximate surface area is 99.8 Å². The van der Waals surface area contributed by atoms with Crippen LogP contribution in [0.4, 0.5) is 5.69 Å². The molecule has 5 nitrogen and oxygen atoms in total. The minimum Gasteiger partial charge on any atom is -0.478 e. The normalized spacial score (nSPS) is 16.9. The summed E-state index contributed by atoms with van der Waals surface area (Å²) < 4.78 is 5.26. The molecule has 0 amide bonds. The lowest BCUT2D eigenvalue weighted by atomic mass is 10.1. The second-order valence-corrected chi connectivity index (χ2v) is 4.16. The molecular formula is C12H16N2O3. The number of benzene rings is 1. The van der Waals surface area contributed by atoms with E-state index in [9.17, 15) is 4.79 Å². The number of nitrogen functional groups attached to an aromatic ring is 1. The molecule has 1 fully saturated rings. The van der Waals surface area contributed by atoms with Gasteiger partial charge in [-0.15, -0.1) is 0 Å². The molecule has 0 aliphatic carbocycles. The van der Waals surface area contributed by atoms with Crippen molar-refractivity contribution < 1.29 is 14.6 Å². The molecule has 17 heavy (non-hydrogen) atoms. The Morgan fingerprint density at radius 2 is 2.06 bits per heavy atom. The molecule has 1 aromatic rings. The van der Waals surface area contributed by atoms with Gasteiger partial charge >= 0.3 is 5.97 Å². The maximum absolute atomic E-state index is 10.9. The molecule has 2 rings (SSSR count). The molecule has 0 radical (unpaired) electrons. The Balaban J connectivity index is 2.11. The van der Waals surface area contributed by atoms with Gasteiger partial charge in [-0.1, -0.05) is 0 Å². The number of carbonyl (C=O) groups is 1. The number of nitrogens with two attached hydrogens (primary N) is 1. The smallest absolute Gasteiger partial charge is 0.335 e. The van der Waals surface area contributed by atoms with Crippen LogP contribution in [0.15, 0.2) is 18.2 Å². The molecule has 0 spiro atoms. The maximum atomic E-state index is 10.9. The summed E-state index contributed by atoms with van der Waals surface area (Å²) >= 11 is 0. The highest BCUT2D eigenvalue weighted by Crippen LogP contribution is 2.15. The molecular weight excluding hydrogens is 220 g/mol. The van der Waals surface area contributed by atoms with Gasteiger partial charge in [-0.25, -0.2) is 4.79 Å². The van der Waals surface area contributed by atoms with E-state index in [0.29, 0.717) is 12.2 Å². The first kappa shape index (κ1) is 11.9. The third kappa shape index (κ3) is 3.18. The third-order valence-corrected chi connectivity index (χ3v) is 2.77. The predicted octanol–water partition coefficient (Wildman–Crippen LogP) is 0.799. The van der Waals surface area contributed by atoms with Crippen LogP contribution in [-0.2, 0) is 11.3 Å². The zero-order valence-corrected chi connectivity index (χ0v) is 9.56. The molecule has 0 bridgehead atoms. The minimum atomic E-state index is -0.944. The zero-order valence-electron chi connectivity index (χ0n) is 9.56. The van der Waals surface area contributed by atoms with Gasteiger partial charge in [-0.05, 0) is 23.8 Å². The van der Waals surface area contributed by atoms with Gasteiger partial charge in [0, 0.05) is 25.3 Å². The molecule has 1 aliphatic heterocycles. The molecule has 1 heterocycles. The number of carboxylic acids is 1. The molecule has 5 heteroatoms. The number of rotatable bonds is 3. The molecule has 1 aromatic carbocycles. The Bertz CT molecular complexity index is 414. The van der Waals surface area contributed by atoms with Crippen LogP contribution >= 0.6 is 0 Å². The molecule has 3 N–H and O–H groups in total. The lowest BCUT2D eigenvalue weighted by Crippen LogP contribution is -2.35. The first-order valence-electron chi connectivity index (χ1n) is 5.58. The van der Waals surface area contributed by atoms with Crippen LogP contribution in [0.1, 0.15) is 15.9 Å². The zero-order chi connectivity index (χ0) is 12.3. The summed E-state index contributed by atoms with van der Waals surface area (Å²) in [6.07, 6.45) is 0. The van der Waals surface area contributed by atoms with E-state index >= 15 is 0 Å². The van der Waals surface area contributed by atoms with Crippen LogP contribution < -0.4 is 5.73 Å². The van der Waals surface area contributed by atoms with Crippen LogP contribution in [0.5, 0.6) is 0 Å². The van der Waals surface area contributed by atoms with Gasteiger partial charge in [-0.3, -0.25) is 4.90 Å². The minimum absolute atomic E-state index is 0.244. The fourth-order valence-electron chi connectivity index (χ4n) is 1.95. The largest absolute Gasteiger partial charge is 0.478 e. The lowest BCUT2D eigenvalue weighted by Gasteiger charge is -2.26. The highest BCUT2D eigenvalue weighted by molar-refractivity contribution is 5.89. The van der Waals surface area contributed by atoms with Crippen LogP contribution in [0, 0.1) is 0 Å². The van der Waals surface area contributed by atoms with E-state index in [1.54, 1.807) is 6.07 Å². The van der Waals surface area contributed by atoms with E-state index < -0.39 is 5.97 Å². The number of carboxylic acid groups (broad SMARTS) is 1. The number of hydrogen-bond donors (Lipinski definition) is 2. The van der Waals surface area contributed by atoms with Gasteiger partial charge in [0.25, 0.3) is 0 Å². The van der Waals surface area contributed by atoms with Crippen LogP contribution in [0.3, 0.4) is 0 Å². The first-order chi connectivity index (χ1) is 8.15. The van der Waals surface area contributed by atoms with Crippen molar-refractivity contribution >= 4 is 11.7 Å². The van der Waals surface area contributed by atoms with Crippen molar-refractivity contribution in [1.82, 2.24) is 4.90 Å². The average Bonchev–Trinajstić information content (AvgIpc) is 2.29. The molecule has 1 saturated heterocycles. The summed E-state index contributed by atoms with van der Waals surface area (Å²) in [7, 11) is 0. The summed E-state index contributed by atoms with van der Waals surface area (Å²) in [4.78, 5) is 13.1. The second kappa shape index (κ2) is 5.16. The second-order valence-electron chi connectivity index (χ2n) is 4.16. The Hall–Kier alpha value is -1.59. The van der Waals surface area contributed by atoms with Gasteiger partial charge in [0.15, 0.2) is 0 Å². The van der Waals surface area contributed by atoms with E-state index in [1.165, 1.54) is 6.07 Å². The fraction of sp³-hybridized carbons (Fsp3) is 0.417. The maximum Gasteiger partial charge on any atom is 0.335 e. The molecule has 0 saturated carbocycles. The Kier molecular flexibility index (Phi) is 3.61. The van der Waals surface area contributed by atoms with Crippen molar-refractivity contribution in [3.05, 3.63) is 29.3 Å². The monoisotopic (exact) mass is 236 g/mol. The van der Waals surface area contributed by atoms with Crippen molar-refractivity contribution in [1.29, 1.82) is 0 Å². The van der Waals surface area contributed by atoms with E-state index in [0.717, 1.165) is 31.9 Å². The number of nitrogens with zero attached hydrogens (tertiary/aromatic N) is 1. The SMILES string of the molecule is Nc1cc(CN2CCOCC2)cc(C(=O)O)c1. The summed E-state index contributed by atoms with van der Waals surface area (Å²) in [5, 5.41) is 8.95. The van der Waals surface area contributed by atoms with E-state index in [2.05, 4.69) is 4.90 Å². The van der Waals surface area contributed by atoms with Gasteiger partial charge in [0.2, 0.25) is 0 Å². The van der Waals surface area contributed by atoms with Crippen molar-refractivity contribution in [2.75, 3.05) is 32.0 Å². The van der Waals surface area contributed by atoms with Gasteiger partial charge in [0.05, 0.1) is 18.8 Å². The molecule has 92 valence electrons. The van der Waals surface area contributed by atoms with Crippen molar-refractivity contribution in [2.45, 2.75) is 6.54 Å². The summed E-state index contributed by atoms with van der Waals surface area (Å²) in [5.41, 5.74) is 7.37. The van der Waals surface area contributed by atoms with Crippen molar-refractivity contribution in [3.63, 3.8) is 0 Å². The summed E-state index contributed by atoms with van der Waals surface area (Å²) in [5.74, 6) is -0.944. The van der Waals surface area contributed by atoms with Crippen LogP contribution in [0.25, 0.3) is 0 Å². The topological polar surface area (TPSA) is 75.8 Å².